The molecule has 1 aliphatic carbocycles. The molecule has 0 radical (unpaired) electrons. The lowest BCUT2D eigenvalue weighted by atomic mass is 9.92. The molecule has 2 aromatic rings. The van der Waals surface area contributed by atoms with Crippen LogP contribution in [0.25, 0.3) is 0 Å². The summed E-state index contributed by atoms with van der Waals surface area (Å²) in [5, 5.41) is 0. The van der Waals surface area contributed by atoms with Crippen LogP contribution in [0.3, 0.4) is 0 Å². The van der Waals surface area contributed by atoms with Gasteiger partial charge in [-0.15, -0.1) is 0 Å². The molecule has 1 heterocycles. The quantitative estimate of drug-likeness (QED) is 0.822. The Labute approximate surface area is 163 Å². The summed E-state index contributed by atoms with van der Waals surface area (Å²) in [5.41, 5.74) is 5.84. The monoisotopic (exact) mass is 362 g/mol. The van der Waals surface area contributed by atoms with E-state index >= 15 is 0 Å². The lowest BCUT2D eigenvalue weighted by Gasteiger charge is -2.41. The van der Waals surface area contributed by atoms with Crippen LogP contribution in [-0.2, 0) is 17.6 Å². The Morgan fingerprint density at radius 3 is 1.96 bits per heavy atom. The molecule has 0 unspecified atom stereocenters. The second kappa shape index (κ2) is 7.85. The van der Waals surface area contributed by atoms with Crippen molar-refractivity contribution < 1.29 is 4.79 Å². The van der Waals surface area contributed by atoms with Crippen LogP contribution in [0.4, 0.5) is 0 Å². The van der Waals surface area contributed by atoms with Gasteiger partial charge in [-0.2, -0.15) is 0 Å². The van der Waals surface area contributed by atoms with Gasteiger partial charge in [0.15, 0.2) is 0 Å². The van der Waals surface area contributed by atoms with Gasteiger partial charge in [0.2, 0.25) is 5.91 Å². The lowest BCUT2D eigenvalue weighted by molar-refractivity contribution is -0.137. The van der Waals surface area contributed by atoms with Gasteiger partial charge in [-0.05, 0) is 41.5 Å². The molecule has 1 amide bonds. The highest BCUT2D eigenvalue weighted by molar-refractivity contribution is 5.78. The summed E-state index contributed by atoms with van der Waals surface area (Å²) in [6, 6.07) is 18.2. The normalized spacial score (nSPS) is 19.1. The van der Waals surface area contributed by atoms with Gasteiger partial charge in [-0.25, -0.2) is 0 Å². The van der Waals surface area contributed by atoms with Gasteiger partial charge in [0, 0.05) is 32.1 Å². The van der Waals surface area contributed by atoms with E-state index in [4.69, 9.17) is 0 Å². The average Bonchev–Trinajstić information content (AvgIpc) is 2.89. The molecule has 3 nitrogen and oxygen atoms in total. The third kappa shape index (κ3) is 3.53. The van der Waals surface area contributed by atoms with Gasteiger partial charge >= 0.3 is 0 Å². The minimum Gasteiger partial charge on any atom is -0.340 e. The molecule has 2 aliphatic rings. The smallest absolute Gasteiger partial charge is 0.225 e. The Balaban J connectivity index is 1.61. The first-order valence-corrected chi connectivity index (χ1v) is 10.4. The highest BCUT2D eigenvalue weighted by atomic mass is 16.2. The zero-order valence-electron chi connectivity index (χ0n) is 16.5. The minimum absolute atomic E-state index is 0.135. The average molecular weight is 363 g/mol. The number of benzene rings is 2. The van der Waals surface area contributed by atoms with Crippen molar-refractivity contribution in [1.82, 2.24) is 9.80 Å². The second-order valence-electron chi connectivity index (χ2n) is 7.97. The van der Waals surface area contributed by atoms with E-state index < -0.39 is 0 Å². The number of aryl methyl sites for hydroxylation is 2. The first-order chi connectivity index (χ1) is 13.2. The van der Waals surface area contributed by atoms with Gasteiger partial charge in [-0.1, -0.05) is 62.4 Å². The van der Waals surface area contributed by atoms with Crippen LogP contribution >= 0.6 is 0 Å². The summed E-state index contributed by atoms with van der Waals surface area (Å²) >= 11 is 0. The molecular formula is C24H30N2O. The number of carbonyl (C=O) groups excluding carboxylic acids is 1. The highest BCUT2D eigenvalue weighted by Gasteiger charge is 2.32. The molecule has 0 saturated carbocycles. The van der Waals surface area contributed by atoms with Gasteiger partial charge in [0.05, 0.1) is 6.04 Å². The standard InChI is InChI=1S/C24H30N2O/c1-3-18(2)24(27)26-16-14-25(15-17-26)23-21-10-6-4-8-19(21)12-13-20-9-5-7-11-22(20)23/h4-11,18,23H,3,12-17H2,1-2H3/t18-/m0/s1. The first-order valence-electron chi connectivity index (χ1n) is 10.4. The lowest BCUT2D eigenvalue weighted by Crippen LogP contribution is -2.51. The van der Waals surface area contributed by atoms with Crippen molar-refractivity contribution in [3.63, 3.8) is 0 Å². The molecule has 27 heavy (non-hydrogen) atoms. The van der Waals surface area contributed by atoms with E-state index in [1.165, 1.54) is 22.3 Å². The molecule has 3 heteroatoms. The first kappa shape index (κ1) is 18.2. The third-order valence-corrected chi connectivity index (χ3v) is 6.39. The maximum atomic E-state index is 12.6. The fourth-order valence-electron chi connectivity index (χ4n) is 4.57. The zero-order valence-corrected chi connectivity index (χ0v) is 16.5. The maximum absolute atomic E-state index is 12.6. The molecule has 1 atom stereocenters. The SMILES string of the molecule is CC[C@H](C)C(=O)N1CCN(C2c3ccccc3CCc3ccccc32)CC1. The van der Waals surface area contributed by atoms with Crippen molar-refractivity contribution in [2.45, 2.75) is 39.2 Å². The molecule has 142 valence electrons. The Bertz CT molecular complexity index is 760. The van der Waals surface area contributed by atoms with Crippen LogP contribution < -0.4 is 0 Å². The van der Waals surface area contributed by atoms with E-state index in [0.29, 0.717) is 11.9 Å². The van der Waals surface area contributed by atoms with Crippen molar-refractivity contribution in [1.29, 1.82) is 0 Å². The highest BCUT2D eigenvalue weighted by Crippen LogP contribution is 2.37. The fourth-order valence-corrected chi connectivity index (χ4v) is 4.57. The van der Waals surface area contributed by atoms with E-state index in [1.54, 1.807) is 0 Å². The largest absolute Gasteiger partial charge is 0.340 e. The van der Waals surface area contributed by atoms with Crippen LogP contribution in [0.15, 0.2) is 48.5 Å². The fraction of sp³-hybridized carbons (Fsp3) is 0.458. The van der Waals surface area contributed by atoms with Crippen LogP contribution in [-0.4, -0.2) is 41.9 Å². The zero-order chi connectivity index (χ0) is 18.8. The van der Waals surface area contributed by atoms with Crippen LogP contribution in [0, 0.1) is 5.92 Å². The van der Waals surface area contributed by atoms with Gasteiger partial charge in [0.25, 0.3) is 0 Å². The number of fused-ring (bicyclic) bond motifs is 2. The van der Waals surface area contributed by atoms with E-state index in [9.17, 15) is 4.79 Å². The Morgan fingerprint density at radius 1 is 0.926 bits per heavy atom. The molecule has 1 saturated heterocycles. The van der Waals surface area contributed by atoms with Crippen molar-refractivity contribution in [3.05, 3.63) is 70.8 Å². The number of amides is 1. The number of hydrogen-bond donors (Lipinski definition) is 0. The topological polar surface area (TPSA) is 23.6 Å². The summed E-state index contributed by atoms with van der Waals surface area (Å²) in [6.07, 6.45) is 3.13. The molecule has 0 spiro atoms. The Kier molecular flexibility index (Phi) is 5.31. The van der Waals surface area contributed by atoms with Crippen LogP contribution in [0.5, 0.6) is 0 Å². The number of nitrogens with zero attached hydrogens (tertiary/aromatic N) is 2. The molecule has 0 bridgehead atoms. The number of piperazine rings is 1. The molecular weight excluding hydrogens is 332 g/mol. The van der Waals surface area contributed by atoms with Crippen molar-refractivity contribution in [3.8, 4) is 0 Å². The predicted octanol–water partition coefficient (Wildman–Crippen LogP) is 4.06. The molecule has 1 fully saturated rings. The number of carbonyl (C=O) groups is 1. The van der Waals surface area contributed by atoms with Gasteiger partial charge in [-0.3, -0.25) is 9.69 Å². The Hall–Kier alpha value is -2.13. The summed E-state index contributed by atoms with van der Waals surface area (Å²) in [4.78, 5) is 17.2. The van der Waals surface area contributed by atoms with E-state index in [2.05, 4.69) is 65.3 Å². The molecule has 2 aromatic carbocycles. The number of rotatable bonds is 3. The molecule has 4 rings (SSSR count). The van der Waals surface area contributed by atoms with E-state index in [1.807, 2.05) is 6.92 Å². The van der Waals surface area contributed by atoms with Gasteiger partial charge in [0.1, 0.15) is 0 Å². The summed E-state index contributed by atoms with van der Waals surface area (Å²) in [6.45, 7) is 7.70. The minimum atomic E-state index is 0.135. The van der Waals surface area contributed by atoms with Gasteiger partial charge < -0.3 is 4.90 Å². The van der Waals surface area contributed by atoms with Crippen molar-refractivity contribution >= 4 is 5.91 Å². The third-order valence-electron chi connectivity index (χ3n) is 6.39. The number of hydrogen-bond acceptors (Lipinski definition) is 2. The van der Waals surface area contributed by atoms with Crippen LogP contribution in [0.2, 0.25) is 0 Å². The molecule has 0 N–H and O–H groups in total. The molecule has 1 aliphatic heterocycles. The van der Waals surface area contributed by atoms with E-state index in [0.717, 1.165) is 45.4 Å². The predicted molar refractivity (Wildman–Crippen MR) is 110 cm³/mol. The summed E-state index contributed by atoms with van der Waals surface area (Å²) in [7, 11) is 0. The van der Waals surface area contributed by atoms with Crippen molar-refractivity contribution in [2.24, 2.45) is 5.92 Å². The van der Waals surface area contributed by atoms with Crippen molar-refractivity contribution in [2.75, 3.05) is 26.2 Å². The Morgan fingerprint density at radius 2 is 1.44 bits per heavy atom. The molecule has 0 aromatic heterocycles. The maximum Gasteiger partial charge on any atom is 0.225 e. The summed E-state index contributed by atoms with van der Waals surface area (Å²) < 4.78 is 0. The summed E-state index contributed by atoms with van der Waals surface area (Å²) in [5.74, 6) is 0.453. The van der Waals surface area contributed by atoms with E-state index in [-0.39, 0.29) is 5.92 Å². The van der Waals surface area contributed by atoms with Crippen LogP contribution in [0.1, 0.15) is 48.6 Å². The second-order valence-corrected chi connectivity index (χ2v) is 7.97.